The molecule has 2 aromatic carbocycles. The van der Waals surface area contributed by atoms with Gasteiger partial charge in [0.05, 0.1) is 11.0 Å². The molecule has 1 aliphatic rings. The van der Waals surface area contributed by atoms with Crippen molar-refractivity contribution >= 4 is 17.1 Å². The summed E-state index contributed by atoms with van der Waals surface area (Å²) in [5.74, 6) is -0.147. The highest BCUT2D eigenvalue weighted by atomic mass is 19.4. The second-order valence-corrected chi connectivity index (χ2v) is 7.89. The predicted molar refractivity (Wildman–Crippen MR) is 117 cm³/mol. The van der Waals surface area contributed by atoms with Gasteiger partial charge in [0.1, 0.15) is 18.2 Å². The molecule has 2 N–H and O–H groups in total. The highest BCUT2D eigenvalue weighted by Crippen LogP contribution is 2.37. The summed E-state index contributed by atoms with van der Waals surface area (Å²) in [5.41, 5.74) is 1.76. The van der Waals surface area contributed by atoms with Crippen LogP contribution in [-0.4, -0.2) is 49.2 Å². The van der Waals surface area contributed by atoms with Crippen LogP contribution in [0.15, 0.2) is 61.1 Å². The van der Waals surface area contributed by atoms with Crippen molar-refractivity contribution in [3.05, 3.63) is 61.1 Å². The maximum absolute atomic E-state index is 13.1. The fourth-order valence-electron chi connectivity index (χ4n) is 3.92. The van der Waals surface area contributed by atoms with E-state index >= 15 is 0 Å². The molecule has 2 heterocycles. The van der Waals surface area contributed by atoms with Crippen LogP contribution in [0.1, 0.15) is 12.8 Å². The standard InChI is InChI=1S/C23H18F3N5O4/c24-23(25,26)35-19-8-4-1-5-15(19)16-11-27-21(34-14-9-13(10-14)29-22(32)33)30-20(16)31-12-28-17-6-2-3-7-18(17)31/h1-8,11-14,29H,9-10H2,(H,32,33). The van der Waals surface area contributed by atoms with Gasteiger partial charge in [-0.25, -0.2) is 14.8 Å². The van der Waals surface area contributed by atoms with Crippen LogP contribution in [0.5, 0.6) is 11.8 Å². The van der Waals surface area contributed by atoms with E-state index in [0.29, 0.717) is 23.9 Å². The van der Waals surface area contributed by atoms with Crippen LogP contribution in [0.3, 0.4) is 0 Å². The van der Waals surface area contributed by atoms with Gasteiger partial charge < -0.3 is 19.9 Å². The number of nitrogens with one attached hydrogen (secondary N) is 1. The molecule has 0 aliphatic heterocycles. The number of imidazole rings is 1. The smallest absolute Gasteiger partial charge is 0.465 e. The molecule has 0 radical (unpaired) electrons. The van der Waals surface area contributed by atoms with E-state index in [-0.39, 0.29) is 35.1 Å². The van der Waals surface area contributed by atoms with Crippen molar-refractivity contribution in [2.75, 3.05) is 0 Å². The van der Waals surface area contributed by atoms with Gasteiger partial charge in [0.25, 0.3) is 0 Å². The molecule has 180 valence electrons. The van der Waals surface area contributed by atoms with E-state index in [0.717, 1.165) is 0 Å². The van der Waals surface area contributed by atoms with Crippen molar-refractivity contribution in [2.24, 2.45) is 0 Å². The van der Waals surface area contributed by atoms with E-state index in [1.165, 1.54) is 30.7 Å². The van der Waals surface area contributed by atoms with Crippen LogP contribution in [0.2, 0.25) is 0 Å². The lowest BCUT2D eigenvalue weighted by Gasteiger charge is -2.34. The van der Waals surface area contributed by atoms with Crippen LogP contribution in [-0.2, 0) is 0 Å². The van der Waals surface area contributed by atoms with Crippen molar-refractivity contribution < 1.29 is 32.5 Å². The molecular formula is C23H18F3N5O4. The van der Waals surface area contributed by atoms with Gasteiger partial charge in [-0.15, -0.1) is 13.2 Å². The second-order valence-electron chi connectivity index (χ2n) is 7.89. The number of carbonyl (C=O) groups is 1. The van der Waals surface area contributed by atoms with Crippen LogP contribution in [0.25, 0.3) is 28.0 Å². The van der Waals surface area contributed by atoms with E-state index in [2.05, 4.69) is 25.0 Å². The minimum absolute atomic E-state index is 0.00882. The zero-order chi connectivity index (χ0) is 24.6. The zero-order valence-corrected chi connectivity index (χ0v) is 17.9. The fourth-order valence-corrected chi connectivity index (χ4v) is 3.92. The van der Waals surface area contributed by atoms with Gasteiger partial charge in [0, 0.05) is 36.2 Å². The van der Waals surface area contributed by atoms with Crippen molar-refractivity contribution in [1.82, 2.24) is 24.8 Å². The molecule has 1 fully saturated rings. The lowest BCUT2D eigenvalue weighted by atomic mass is 9.89. The Bertz CT molecular complexity index is 1390. The Balaban J connectivity index is 1.55. The summed E-state index contributed by atoms with van der Waals surface area (Å²) in [6, 6.07) is 12.7. The van der Waals surface area contributed by atoms with Gasteiger partial charge in [0.15, 0.2) is 5.82 Å². The molecular weight excluding hydrogens is 467 g/mol. The molecule has 35 heavy (non-hydrogen) atoms. The molecule has 9 nitrogen and oxygen atoms in total. The van der Waals surface area contributed by atoms with Gasteiger partial charge in [-0.3, -0.25) is 4.57 Å². The monoisotopic (exact) mass is 485 g/mol. The van der Waals surface area contributed by atoms with E-state index in [1.807, 2.05) is 12.1 Å². The summed E-state index contributed by atoms with van der Waals surface area (Å²) in [4.78, 5) is 23.8. The highest BCUT2D eigenvalue weighted by Gasteiger charge is 2.34. The molecule has 12 heteroatoms. The van der Waals surface area contributed by atoms with Crippen molar-refractivity contribution in [1.29, 1.82) is 0 Å². The Kier molecular flexibility index (Phi) is 5.63. The first-order chi connectivity index (χ1) is 16.8. The molecule has 1 amide bonds. The van der Waals surface area contributed by atoms with Gasteiger partial charge in [0.2, 0.25) is 0 Å². The third-order valence-corrected chi connectivity index (χ3v) is 5.53. The van der Waals surface area contributed by atoms with Crippen LogP contribution in [0, 0.1) is 0 Å². The minimum Gasteiger partial charge on any atom is -0.465 e. The van der Waals surface area contributed by atoms with Gasteiger partial charge in [-0.1, -0.05) is 30.3 Å². The van der Waals surface area contributed by atoms with Crippen LogP contribution in [0.4, 0.5) is 18.0 Å². The number of fused-ring (bicyclic) bond motifs is 1. The zero-order valence-electron chi connectivity index (χ0n) is 17.9. The third kappa shape index (κ3) is 4.81. The summed E-state index contributed by atoms with van der Waals surface area (Å²) in [7, 11) is 0. The summed E-state index contributed by atoms with van der Waals surface area (Å²) >= 11 is 0. The molecule has 1 aliphatic carbocycles. The topological polar surface area (TPSA) is 111 Å². The lowest BCUT2D eigenvalue weighted by Crippen LogP contribution is -2.48. The van der Waals surface area contributed by atoms with Crippen molar-refractivity contribution in [3.8, 4) is 28.7 Å². The minimum atomic E-state index is -4.88. The number of amides is 1. The molecule has 1 saturated carbocycles. The van der Waals surface area contributed by atoms with Crippen molar-refractivity contribution in [3.63, 3.8) is 0 Å². The Hall–Kier alpha value is -4.35. The molecule has 0 saturated heterocycles. The summed E-state index contributed by atoms with van der Waals surface area (Å²) < 4.78 is 50.9. The van der Waals surface area contributed by atoms with Crippen molar-refractivity contribution in [2.45, 2.75) is 31.3 Å². The number of rotatable bonds is 6. The Labute approximate surface area is 196 Å². The number of nitrogens with zero attached hydrogens (tertiary/aromatic N) is 4. The summed E-state index contributed by atoms with van der Waals surface area (Å²) in [5, 5.41) is 11.2. The largest absolute Gasteiger partial charge is 0.573 e. The number of carboxylic acid groups (broad SMARTS) is 1. The third-order valence-electron chi connectivity index (χ3n) is 5.53. The average Bonchev–Trinajstić information content (AvgIpc) is 3.21. The number of benzene rings is 2. The second kappa shape index (κ2) is 8.78. The lowest BCUT2D eigenvalue weighted by molar-refractivity contribution is -0.274. The summed E-state index contributed by atoms with van der Waals surface area (Å²) in [6.45, 7) is 0. The first kappa shape index (κ1) is 22.4. The molecule has 2 aromatic heterocycles. The van der Waals surface area contributed by atoms with Crippen LogP contribution < -0.4 is 14.8 Å². The van der Waals surface area contributed by atoms with E-state index in [1.54, 1.807) is 22.8 Å². The fraction of sp³-hybridized carbons (Fsp3) is 0.217. The SMILES string of the molecule is O=C(O)NC1CC(Oc2ncc(-c3ccccc3OC(F)(F)F)c(-n3cnc4ccccc43)n2)C1. The Morgan fingerprint density at radius 3 is 2.57 bits per heavy atom. The van der Waals surface area contributed by atoms with Gasteiger partial charge in [-0.05, 0) is 18.2 Å². The van der Waals surface area contributed by atoms with Crippen LogP contribution >= 0.6 is 0 Å². The first-order valence-corrected chi connectivity index (χ1v) is 10.6. The Morgan fingerprint density at radius 2 is 1.80 bits per heavy atom. The number of hydrogen-bond donors (Lipinski definition) is 2. The first-order valence-electron chi connectivity index (χ1n) is 10.6. The summed E-state index contributed by atoms with van der Waals surface area (Å²) in [6.07, 6.45) is -2.51. The van der Waals surface area contributed by atoms with Gasteiger partial charge in [-0.2, -0.15) is 4.98 Å². The predicted octanol–water partition coefficient (Wildman–Crippen LogP) is 4.56. The molecule has 4 aromatic rings. The molecule has 0 unspecified atom stereocenters. The quantitative estimate of drug-likeness (QED) is 0.412. The van der Waals surface area contributed by atoms with Gasteiger partial charge >= 0.3 is 18.5 Å². The molecule has 5 rings (SSSR count). The van der Waals surface area contributed by atoms with E-state index in [4.69, 9.17) is 9.84 Å². The van der Waals surface area contributed by atoms with E-state index < -0.39 is 18.2 Å². The number of ether oxygens (including phenoxy) is 2. The maximum atomic E-state index is 13.1. The number of aromatic nitrogens is 4. The highest BCUT2D eigenvalue weighted by molar-refractivity contribution is 5.81. The molecule has 0 spiro atoms. The number of halogens is 3. The molecule has 0 bridgehead atoms. The number of para-hydroxylation sites is 3. The average molecular weight is 485 g/mol. The normalized spacial score (nSPS) is 17.6. The molecule has 0 atom stereocenters. The number of alkyl halides is 3. The maximum Gasteiger partial charge on any atom is 0.573 e. The Morgan fingerprint density at radius 1 is 1.06 bits per heavy atom. The number of hydrogen-bond acceptors (Lipinski definition) is 6. The van der Waals surface area contributed by atoms with E-state index in [9.17, 15) is 18.0 Å².